The van der Waals surface area contributed by atoms with Crippen molar-refractivity contribution in [1.29, 1.82) is 0 Å². The van der Waals surface area contributed by atoms with Crippen LogP contribution in [-0.4, -0.2) is 48.4 Å². The molecular formula is C20H23N5O4S. The second kappa shape index (κ2) is 8.41. The minimum atomic E-state index is -3.42. The van der Waals surface area contributed by atoms with Gasteiger partial charge in [-0.1, -0.05) is 17.3 Å². The smallest absolute Gasteiger partial charge is 0.244 e. The second-order valence-corrected chi connectivity index (χ2v) is 8.99. The normalized spacial score (nSPS) is 17.2. The van der Waals surface area contributed by atoms with Crippen LogP contribution in [0.1, 0.15) is 30.3 Å². The third-order valence-corrected chi connectivity index (χ3v) is 5.52. The molecule has 10 heteroatoms. The molecule has 9 nitrogen and oxygen atoms in total. The molecule has 0 unspecified atom stereocenters. The zero-order chi connectivity index (χ0) is 21.1. The molecule has 158 valence electrons. The van der Waals surface area contributed by atoms with Gasteiger partial charge in [-0.25, -0.2) is 13.4 Å². The Hall–Kier alpha value is -2.98. The molecular weight excluding hydrogens is 406 g/mol. The summed E-state index contributed by atoms with van der Waals surface area (Å²) in [6, 6.07) is 11.4. The summed E-state index contributed by atoms with van der Waals surface area (Å²) in [5.74, 6) is 2.01. The zero-order valence-electron chi connectivity index (χ0n) is 16.8. The number of benzene rings is 1. The molecule has 0 saturated carbocycles. The maximum absolute atomic E-state index is 11.4. The highest BCUT2D eigenvalue weighted by atomic mass is 32.2. The first kappa shape index (κ1) is 20.3. The molecule has 1 aromatic carbocycles. The Morgan fingerprint density at radius 2 is 2.07 bits per heavy atom. The van der Waals surface area contributed by atoms with E-state index in [4.69, 9.17) is 9.26 Å². The van der Waals surface area contributed by atoms with E-state index in [9.17, 15) is 8.42 Å². The number of nitrogens with one attached hydrogen (secondary N) is 1. The minimum Gasteiger partial charge on any atom is -0.497 e. The number of pyridine rings is 1. The molecule has 30 heavy (non-hydrogen) atoms. The fraction of sp³-hybridized carbons (Fsp3) is 0.350. The molecule has 3 aromatic rings. The van der Waals surface area contributed by atoms with Crippen molar-refractivity contribution in [1.82, 2.24) is 20.0 Å². The van der Waals surface area contributed by atoms with Crippen LogP contribution in [0.3, 0.4) is 0 Å². The molecule has 1 fully saturated rings. The Morgan fingerprint density at radius 1 is 1.27 bits per heavy atom. The first-order valence-corrected chi connectivity index (χ1v) is 11.5. The maximum atomic E-state index is 11.4. The predicted octanol–water partition coefficient (Wildman–Crippen LogP) is 2.85. The van der Waals surface area contributed by atoms with Crippen LogP contribution in [0.4, 0.5) is 5.82 Å². The van der Waals surface area contributed by atoms with E-state index < -0.39 is 10.0 Å². The van der Waals surface area contributed by atoms with Gasteiger partial charge >= 0.3 is 0 Å². The second-order valence-electron chi connectivity index (χ2n) is 7.24. The van der Waals surface area contributed by atoms with Gasteiger partial charge in [0.15, 0.2) is 0 Å². The lowest BCUT2D eigenvalue weighted by Gasteiger charge is -2.21. The summed E-state index contributed by atoms with van der Waals surface area (Å²) in [4.78, 5) is 10.9. The van der Waals surface area contributed by atoms with Crippen LogP contribution in [0.2, 0.25) is 0 Å². The molecule has 1 aliphatic rings. The van der Waals surface area contributed by atoms with Crippen molar-refractivity contribution in [3.05, 3.63) is 54.0 Å². The summed E-state index contributed by atoms with van der Waals surface area (Å²) in [6.45, 7) is 1.73. The van der Waals surface area contributed by atoms with Gasteiger partial charge in [0.05, 0.1) is 19.4 Å². The lowest BCUT2D eigenvalue weighted by atomic mass is 10.1. The fourth-order valence-corrected chi connectivity index (χ4v) is 4.06. The van der Waals surface area contributed by atoms with E-state index in [1.165, 1.54) is 11.8 Å². The minimum absolute atomic E-state index is 0.0452. The first-order chi connectivity index (χ1) is 14.4. The standard InChI is InChI=1S/C20H23N5O4S/c1-28-16-7-5-14(6-8-16)13-25-11-3-4-17(25)20-22-19(23-29-20)15-9-10-21-18(12-15)24-30(2,26)27/h5-10,12,17H,3-4,11,13H2,1-2H3,(H,21,24)/t17-/m0/s1. The van der Waals surface area contributed by atoms with Gasteiger partial charge in [0, 0.05) is 18.3 Å². The number of anilines is 1. The Morgan fingerprint density at radius 3 is 2.80 bits per heavy atom. The molecule has 0 spiro atoms. The lowest BCUT2D eigenvalue weighted by Crippen LogP contribution is -2.23. The van der Waals surface area contributed by atoms with Crippen LogP contribution >= 0.6 is 0 Å². The van der Waals surface area contributed by atoms with Crippen LogP contribution in [0.15, 0.2) is 47.1 Å². The van der Waals surface area contributed by atoms with Gasteiger partial charge in [-0.3, -0.25) is 9.62 Å². The third kappa shape index (κ3) is 4.77. The quantitative estimate of drug-likeness (QED) is 0.610. The van der Waals surface area contributed by atoms with Crippen LogP contribution in [0.25, 0.3) is 11.4 Å². The van der Waals surface area contributed by atoms with E-state index in [1.54, 1.807) is 19.2 Å². The monoisotopic (exact) mass is 429 g/mol. The number of hydrogen-bond donors (Lipinski definition) is 1. The predicted molar refractivity (Wildman–Crippen MR) is 111 cm³/mol. The van der Waals surface area contributed by atoms with E-state index in [2.05, 4.69) is 36.9 Å². The summed E-state index contributed by atoms with van der Waals surface area (Å²) in [5, 5.41) is 4.10. The maximum Gasteiger partial charge on any atom is 0.244 e. The van der Waals surface area contributed by atoms with E-state index in [1.807, 2.05) is 12.1 Å². The summed E-state index contributed by atoms with van der Waals surface area (Å²) < 4.78 is 36.0. The third-order valence-electron chi connectivity index (χ3n) is 4.94. The van der Waals surface area contributed by atoms with Gasteiger partial charge < -0.3 is 9.26 Å². The molecule has 1 saturated heterocycles. The van der Waals surface area contributed by atoms with Crippen LogP contribution in [0.5, 0.6) is 5.75 Å². The number of sulfonamides is 1. The van der Waals surface area contributed by atoms with Gasteiger partial charge in [-0.05, 0) is 49.2 Å². The largest absolute Gasteiger partial charge is 0.497 e. The molecule has 2 aromatic heterocycles. The Kier molecular flexibility index (Phi) is 5.69. The highest BCUT2D eigenvalue weighted by Gasteiger charge is 2.30. The van der Waals surface area contributed by atoms with Crippen molar-refractivity contribution < 1.29 is 17.7 Å². The molecule has 0 amide bonds. The van der Waals surface area contributed by atoms with E-state index >= 15 is 0 Å². The molecule has 0 radical (unpaired) electrons. The molecule has 1 atom stereocenters. The van der Waals surface area contributed by atoms with Crippen molar-refractivity contribution in [2.24, 2.45) is 0 Å². The molecule has 3 heterocycles. The lowest BCUT2D eigenvalue weighted by molar-refractivity contribution is 0.201. The highest BCUT2D eigenvalue weighted by molar-refractivity contribution is 7.92. The summed E-state index contributed by atoms with van der Waals surface area (Å²) in [5.41, 5.74) is 1.82. The first-order valence-electron chi connectivity index (χ1n) is 9.56. The molecule has 0 aliphatic carbocycles. The SMILES string of the molecule is COc1ccc(CN2CCC[C@H]2c2nc(-c3ccnc(NS(C)(=O)=O)c3)no2)cc1. The van der Waals surface area contributed by atoms with Crippen molar-refractivity contribution in [3.8, 4) is 17.1 Å². The van der Waals surface area contributed by atoms with Crippen molar-refractivity contribution in [3.63, 3.8) is 0 Å². The van der Waals surface area contributed by atoms with Crippen molar-refractivity contribution in [2.45, 2.75) is 25.4 Å². The number of likely N-dealkylation sites (tertiary alicyclic amines) is 1. The van der Waals surface area contributed by atoms with Gasteiger partial charge in [-0.15, -0.1) is 0 Å². The number of aromatic nitrogens is 3. The molecule has 1 N–H and O–H groups in total. The average molecular weight is 430 g/mol. The van der Waals surface area contributed by atoms with E-state index in [0.717, 1.165) is 37.9 Å². The van der Waals surface area contributed by atoms with Crippen molar-refractivity contribution >= 4 is 15.8 Å². The summed E-state index contributed by atoms with van der Waals surface area (Å²) in [7, 11) is -1.76. The van der Waals surface area contributed by atoms with Gasteiger partial charge in [-0.2, -0.15) is 4.98 Å². The van der Waals surface area contributed by atoms with Crippen LogP contribution < -0.4 is 9.46 Å². The Labute approximate surface area is 175 Å². The number of ether oxygens (including phenoxy) is 1. The van der Waals surface area contributed by atoms with E-state index in [0.29, 0.717) is 17.3 Å². The molecule has 1 aliphatic heterocycles. The number of methoxy groups -OCH3 is 1. The number of hydrogen-bond acceptors (Lipinski definition) is 8. The average Bonchev–Trinajstić information content (AvgIpc) is 3.37. The van der Waals surface area contributed by atoms with Crippen molar-refractivity contribution in [2.75, 3.05) is 24.6 Å². The fourth-order valence-electron chi connectivity index (χ4n) is 3.56. The van der Waals surface area contributed by atoms with Gasteiger partial charge in [0.25, 0.3) is 0 Å². The summed E-state index contributed by atoms with van der Waals surface area (Å²) in [6.07, 6.45) is 4.57. The van der Waals surface area contributed by atoms with Gasteiger partial charge in [0.1, 0.15) is 11.6 Å². The van der Waals surface area contributed by atoms with E-state index in [-0.39, 0.29) is 11.9 Å². The zero-order valence-corrected chi connectivity index (χ0v) is 17.6. The molecule has 0 bridgehead atoms. The van der Waals surface area contributed by atoms with Crippen LogP contribution in [0, 0.1) is 0 Å². The number of rotatable bonds is 7. The summed E-state index contributed by atoms with van der Waals surface area (Å²) >= 11 is 0. The Bertz CT molecular complexity index is 1110. The Balaban J connectivity index is 1.50. The van der Waals surface area contributed by atoms with Gasteiger partial charge in [0.2, 0.25) is 21.7 Å². The van der Waals surface area contributed by atoms with Crippen LogP contribution in [-0.2, 0) is 16.6 Å². The molecule has 4 rings (SSSR count). The topological polar surface area (TPSA) is 110 Å². The highest BCUT2D eigenvalue weighted by Crippen LogP contribution is 2.33. The number of nitrogens with zero attached hydrogens (tertiary/aromatic N) is 4.